The van der Waals surface area contributed by atoms with Crippen molar-refractivity contribution in [1.29, 1.82) is 0 Å². The van der Waals surface area contributed by atoms with Gasteiger partial charge in [-0.25, -0.2) is 4.39 Å². The molecule has 0 aromatic carbocycles. The minimum atomic E-state index is -0.793. The summed E-state index contributed by atoms with van der Waals surface area (Å²) in [5.74, 6) is 4.03. The molecule has 1 aliphatic carbocycles. The highest BCUT2D eigenvalue weighted by atomic mass is 32.2. The smallest absolute Gasteiger partial charge is 0.114 e. The van der Waals surface area contributed by atoms with Gasteiger partial charge in [0.05, 0.1) is 0 Å². The topological polar surface area (TPSA) is 12.0 Å². The normalized spacial score (nSPS) is 47.0. The van der Waals surface area contributed by atoms with E-state index in [0.717, 1.165) is 38.8 Å². The number of alkyl halides is 1. The maximum Gasteiger partial charge on any atom is 0.114 e. The van der Waals surface area contributed by atoms with Crippen LogP contribution in [0.2, 0.25) is 0 Å². The summed E-state index contributed by atoms with van der Waals surface area (Å²) in [4.78, 5) is 0. The summed E-state index contributed by atoms with van der Waals surface area (Å²) in [6.07, 6.45) is 3.93. The number of fused-ring (bicyclic) bond motifs is 1. The van der Waals surface area contributed by atoms with E-state index in [1.165, 1.54) is 11.5 Å². The van der Waals surface area contributed by atoms with E-state index in [9.17, 15) is 4.39 Å². The first-order chi connectivity index (χ1) is 7.28. The fraction of sp³-hybridized carbons (Fsp3) is 1.00. The number of hydrogen-bond acceptors (Lipinski definition) is 2. The molecule has 2 atom stereocenters. The van der Waals surface area contributed by atoms with Crippen LogP contribution in [-0.4, -0.2) is 30.3 Å². The number of nitrogens with one attached hydrogen (secondary N) is 1. The van der Waals surface area contributed by atoms with Crippen LogP contribution < -0.4 is 5.32 Å². The van der Waals surface area contributed by atoms with Crippen LogP contribution in [0.15, 0.2) is 0 Å². The average Bonchev–Trinajstić information content (AvgIpc) is 2.78. The van der Waals surface area contributed by atoms with Gasteiger partial charge in [0.25, 0.3) is 0 Å². The molecule has 0 bridgehead atoms. The Morgan fingerprint density at radius 1 is 1.07 bits per heavy atom. The molecule has 3 heteroatoms. The molecule has 1 N–H and O–H groups in total. The van der Waals surface area contributed by atoms with E-state index in [0.29, 0.717) is 17.8 Å². The van der Waals surface area contributed by atoms with Crippen molar-refractivity contribution in [2.45, 2.75) is 31.4 Å². The molecular formula is C12H20FNS. The van der Waals surface area contributed by atoms with Gasteiger partial charge in [0, 0.05) is 0 Å². The number of halogens is 1. The fourth-order valence-electron chi connectivity index (χ4n) is 3.77. The molecule has 2 heterocycles. The minimum Gasteiger partial charge on any atom is -0.316 e. The quantitative estimate of drug-likeness (QED) is 0.741. The first-order valence-electron chi connectivity index (χ1n) is 6.25. The Bertz CT molecular complexity index is 228. The first kappa shape index (κ1) is 10.4. The number of rotatable bonds is 1. The van der Waals surface area contributed by atoms with E-state index < -0.39 is 5.67 Å². The third-order valence-electron chi connectivity index (χ3n) is 4.64. The lowest BCUT2D eigenvalue weighted by Crippen LogP contribution is -2.35. The van der Waals surface area contributed by atoms with Crippen LogP contribution in [0, 0.1) is 17.8 Å². The van der Waals surface area contributed by atoms with Crippen molar-refractivity contribution in [1.82, 2.24) is 5.32 Å². The Balaban J connectivity index is 1.69. The molecule has 0 aromatic heterocycles. The van der Waals surface area contributed by atoms with Gasteiger partial charge in [-0.05, 0) is 68.0 Å². The summed E-state index contributed by atoms with van der Waals surface area (Å²) in [7, 11) is 0. The van der Waals surface area contributed by atoms with Gasteiger partial charge in [0.1, 0.15) is 5.67 Å². The summed E-state index contributed by atoms with van der Waals surface area (Å²) in [6, 6.07) is 0. The molecule has 0 aromatic rings. The van der Waals surface area contributed by atoms with Crippen molar-refractivity contribution in [3.8, 4) is 0 Å². The SMILES string of the molecule is FC1(C2CCSCC2)CC2CNCC2C1. The standard InChI is InChI=1S/C12H20FNS/c13-12(11-1-3-15-4-2-11)5-9-7-14-8-10(9)6-12/h9-11,14H,1-8H2. The predicted molar refractivity (Wildman–Crippen MR) is 63.0 cm³/mol. The zero-order valence-corrected chi connectivity index (χ0v) is 9.99. The zero-order valence-electron chi connectivity index (χ0n) is 9.18. The van der Waals surface area contributed by atoms with Crippen molar-refractivity contribution >= 4 is 11.8 Å². The van der Waals surface area contributed by atoms with Gasteiger partial charge < -0.3 is 5.32 Å². The van der Waals surface area contributed by atoms with Crippen LogP contribution >= 0.6 is 11.8 Å². The van der Waals surface area contributed by atoms with Gasteiger partial charge in [-0.2, -0.15) is 11.8 Å². The van der Waals surface area contributed by atoms with E-state index in [1.807, 2.05) is 11.8 Å². The molecule has 0 amide bonds. The lowest BCUT2D eigenvalue weighted by molar-refractivity contribution is 0.0728. The predicted octanol–water partition coefficient (Wildman–Crippen LogP) is 2.47. The molecule has 3 rings (SSSR count). The van der Waals surface area contributed by atoms with E-state index >= 15 is 0 Å². The van der Waals surface area contributed by atoms with Gasteiger partial charge >= 0.3 is 0 Å². The summed E-state index contributed by atoms with van der Waals surface area (Å²) >= 11 is 2.00. The van der Waals surface area contributed by atoms with Crippen molar-refractivity contribution < 1.29 is 4.39 Å². The van der Waals surface area contributed by atoms with Gasteiger partial charge in [-0.1, -0.05) is 0 Å². The molecule has 0 radical (unpaired) electrons. The van der Waals surface area contributed by atoms with E-state index in [1.54, 1.807) is 0 Å². The maximum atomic E-state index is 14.9. The second-order valence-electron chi connectivity index (χ2n) is 5.51. The van der Waals surface area contributed by atoms with E-state index in [-0.39, 0.29) is 0 Å². The number of thioether (sulfide) groups is 1. The second kappa shape index (κ2) is 3.92. The van der Waals surface area contributed by atoms with Crippen LogP contribution in [0.3, 0.4) is 0 Å². The molecule has 15 heavy (non-hydrogen) atoms. The van der Waals surface area contributed by atoms with Crippen LogP contribution in [0.5, 0.6) is 0 Å². The van der Waals surface area contributed by atoms with Gasteiger partial charge in [0.15, 0.2) is 0 Å². The highest BCUT2D eigenvalue weighted by Crippen LogP contribution is 2.50. The molecule has 2 saturated heterocycles. The highest BCUT2D eigenvalue weighted by Gasteiger charge is 2.51. The van der Waals surface area contributed by atoms with Crippen LogP contribution in [0.25, 0.3) is 0 Å². The molecule has 1 saturated carbocycles. The zero-order chi connectivity index (χ0) is 10.3. The molecular weight excluding hydrogens is 209 g/mol. The van der Waals surface area contributed by atoms with Gasteiger partial charge in [-0.3, -0.25) is 0 Å². The Labute approximate surface area is 95.6 Å². The first-order valence-corrected chi connectivity index (χ1v) is 7.41. The van der Waals surface area contributed by atoms with Crippen molar-refractivity contribution in [3.63, 3.8) is 0 Å². The fourth-order valence-corrected chi connectivity index (χ4v) is 4.87. The summed E-state index contributed by atoms with van der Waals surface area (Å²) in [5, 5.41) is 3.39. The molecule has 2 unspecified atom stereocenters. The minimum absolute atomic E-state index is 0.379. The van der Waals surface area contributed by atoms with Gasteiger partial charge in [-0.15, -0.1) is 0 Å². The Kier molecular flexibility index (Phi) is 2.72. The highest BCUT2D eigenvalue weighted by molar-refractivity contribution is 7.99. The Hall–Kier alpha value is 0.240. The summed E-state index contributed by atoms with van der Waals surface area (Å²) in [5.41, 5.74) is -0.793. The Morgan fingerprint density at radius 2 is 1.67 bits per heavy atom. The molecule has 86 valence electrons. The van der Waals surface area contributed by atoms with E-state index in [2.05, 4.69) is 5.32 Å². The second-order valence-corrected chi connectivity index (χ2v) is 6.73. The lowest BCUT2D eigenvalue weighted by atomic mass is 9.82. The average molecular weight is 229 g/mol. The monoisotopic (exact) mass is 229 g/mol. The van der Waals surface area contributed by atoms with Crippen molar-refractivity contribution in [2.24, 2.45) is 17.8 Å². The molecule has 3 aliphatic rings. The number of hydrogen-bond donors (Lipinski definition) is 1. The molecule has 0 spiro atoms. The van der Waals surface area contributed by atoms with Crippen LogP contribution in [-0.2, 0) is 0 Å². The Morgan fingerprint density at radius 3 is 2.27 bits per heavy atom. The van der Waals surface area contributed by atoms with Crippen molar-refractivity contribution in [2.75, 3.05) is 24.6 Å². The molecule has 1 nitrogen and oxygen atoms in total. The van der Waals surface area contributed by atoms with E-state index in [4.69, 9.17) is 0 Å². The third-order valence-corrected chi connectivity index (χ3v) is 5.68. The molecule has 2 aliphatic heterocycles. The maximum absolute atomic E-state index is 14.9. The van der Waals surface area contributed by atoms with Gasteiger partial charge in [0.2, 0.25) is 0 Å². The lowest BCUT2D eigenvalue weighted by Gasteiger charge is -2.33. The third kappa shape index (κ3) is 1.82. The van der Waals surface area contributed by atoms with Crippen LogP contribution in [0.4, 0.5) is 4.39 Å². The largest absolute Gasteiger partial charge is 0.316 e. The van der Waals surface area contributed by atoms with Crippen molar-refractivity contribution in [3.05, 3.63) is 0 Å². The molecule has 3 fully saturated rings. The summed E-state index contributed by atoms with van der Waals surface area (Å²) < 4.78 is 14.9. The summed E-state index contributed by atoms with van der Waals surface area (Å²) in [6.45, 7) is 2.13. The van der Waals surface area contributed by atoms with Crippen LogP contribution in [0.1, 0.15) is 25.7 Å².